The largest absolute Gasteiger partial charge is 0.207 e. The molecule has 0 N–H and O–H groups in total. The number of nitriles is 1. The highest BCUT2D eigenvalue weighted by atomic mass is 19.1. The first-order chi connectivity index (χ1) is 8.28. The van der Waals surface area contributed by atoms with Crippen LogP contribution in [0.15, 0.2) is 48.5 Å². The third-order valence-electron chi connectivity index (χ3n) is 2.50. The maximum Gasteiger partial charge on any atom is 0.123 e. The summed E-state index contributed by atoms with van der Waals surface area (Å²) in [7, 11) is 0. The predicted octanol–water partition coefficient (Wildman–Crippen LogP) is 3.49. The lowest BCUT2D eigenvalue weighted by atomic mass is 10.0. The molecule has 0 amide bonds. The molecule has 0 spiro atoms. The fraction of sp³-hybridized carbons (Fsp3) is 0.0667. The second-order valence-corrected chi connectivity index (χ2v) is 3.82. The molecule has 0 saturated heterocycles. The van der Waals surface area contributed by atoms with Gasteiger partial charge in [-0.25, -0.2) is 4.39 Å². The van der Waals surface area contributed by atoms with E-state index in [1.807, 2.05) is 30.3 Å². The maximum atomic E-state index is 12.7. The van der Waals surface area contributed by atoms with E-state index in [1.54, 1.807) is 12.1 Å². The molecule has 2 rings (SSSR count). The van der Waals surface area contributed by atoms with Crippen LogP contribution in [-0.4, -0.2) is 0 Å². The highest BCUT2D eigenvalue weighted by Gasteiger charge is 1.99. The van der Waals surface area contributed by atoms with Crippen LogP contribution in [0.2, 0.25) is 0 Å². The molecule has 0 aromatic heterocycles. The van der Waals surface area contributed by atoms with Crippen LogP contribution in [0.1, 0.15) is 16.7 Å². The summed E-state index contributed by atoms with van der Waals surface area (Å²) in [5, 5.41) is 8.58. The highest BCUT2D eigenvalue weighted by molar-refractivity contribution is 5.35. The molecule has 0 unspecified atom stereocenters. The Morgan fingerprint density at radius 3 is 2.53 bits per heavy atom. The minimum absolute atomic E-state index is 0.222. The molecule has 0 bridgehead atoms. The van der Waals surface area contributed by atoms with Crippen molar-refractivity contribution in [3.05, 3.63) is 77.5 Å². The highest BCUT2D eigenvalue weighted by Crippen LogP contribution is 2.13. The molecule has 2 aromatic rings. The number of nitrogens with zero attached hydrogens (tertiary/aromatic N) is 1. The number of rotatable bonds is 3. The minimum atomic E-state index is -0.222. The van der Waals surface area contributed by atoms with Gasteiger partial charge in [0.15, 0.2) is 0 Å². The second kappa shape index (κ2) is 5.27. The fourth-order valence-electron chi connectivity index (χ4n) is 1.71. The van der Waals surface area contributed by atoms with Crippen LogP contribution < -0.4 is 0 Å². The zero-order valence-electron chi connectivity index (χ0n) is 9.23. The Morgan fingerprint density at radius 2 is 1.82 bits per heavy atom. The first-order valence-corrected chi connectivity index (χ1v) is 5.34. The monoisotopic (exact) mass is 224 g/mol. The molecular formula is C15H11FN. The Kier molecular flexibility index (Phi) is 3.52. The zero-order valence-corrected chi connectivity index (χ0v) is 9.23. The smallest absolute Gasteiger partial charge is 0.123 e. The first kappa shape index (κ1) is 11.3. The average molecular weight is 224 g/mol. The van der Waals surface area contributed by atoms with E-state index in [-0.39, 0.29) is 5.82 Å². The third kappa shape index (κ3) is 3.15. The zero-order chi connectivity index (χ0) is 12.1. The fourth-order valence-corrected chi connectivity index (χ4v) is 1.71. The van der Waals surface area contributed by atoms with Crippen LogP contribution >= 0.6 is 0 Å². The summed E-state index contributed by atoms with van der Waals surface area (Å²) in [6, 6.07) is 16.2. The molecule has 0 aliphatic carbocycles. The van der Waals surface area contributed by atoms with Gasteiger partial charge >= 0.3 is 0 Å². The summed E-state index contributed by atoms with van der Waals surface area (Å²) in [4.78, 5) is 0. The van der Waals surface area contributed by atoms with Crippen LogP contribution in [0.4, 0.5) is 4.39 Å². The van der Waals surface area contributed by atoms with Gasteiger partial charge in [-0.2, -0.15) is 5.26 Å². The van der Waals surface area contributed by atoms with Crippen molar-refractivity contribution in [1.82, 2.24) is 0 Å². The Morgan fingerprint density at radius 1 is 1.06 bits per heavy atom. The number of benzene rings is 2. The number of halogens is 1. The summed E-state index contributed by atoms with van der Waals surface area (Å²) in [5.74, 6) is -0.222. The van der Waals surface area contributed by atoms with Crippen LogP contribution in [0, 0.1) is 23.6 Å². The van der Waals surface area contributed by atoms with Gasteiger partial charge in [-0.15, -0.1) is 0 Å². The molecule has 17 heavy (non-hydrogen) atoms. The van der Waals surface area contributed by atoms with Crippen molar-refractivity contribution in [3.8, 4) is 6.07 Å². The van der Waals surface area contributed by atoms with Crippen LogP contribution in [0.25, 0.3) is 0 Å². The lowest BCUT2D eigenvalue weighted by Crippen LogP contribution is -1.90. The molecule has 0 aliphatic heterocycles. The summed E-state index contributed by atoms with van der Waals surface area (Å²) in [6.45, 7) is 0. The maximum absolute atomic E-state index is 12.7. The molecule has 1 radical (unpaired) electrons. The number of hydrogen-bond donors (Lipinski definition) is 0. The van der Waals surface area contributed by atoms with E-state index in [9.17, 15) is 4.39 Å². The van der Waals surface area contributed by atoms with E-state index in [2.05, 4.69) is 0 Å². The lowest BCUT2D eigenvalue weighted by molar-refractivity contribution is 0.627. The molecule has 2 heteroatoms. The Hall–Kier alpha value is -2.14. The molecule has 0 aliphatic rings. The Labute approximate surface area is 100 Å². The van der Waals surface area contributed by atoms with Crippen molar-refractivity contribution in [2.75, 3.05) is 0 Å². The standard InChI is InChI=1S/C15H11FN/c16-15-6-4-13(5-7-15)11-14-3-1-2-12(10-14)8-9-17/h1-8,10H,11H2. The molecule has 1 nitrogen and oxygen atoms in total. The molecule has 0 heterocycles. The van der Waals surface area contributed by atoms with Crippen molar-refractivity contribution in [3.63, 3.8) is 0 Å². The molecule has 0 saturated carbocycles. The van der Waals surface area contributed by atoms with E-state index in [4.69, 9.17) is 5.26 Å². The van der Waals surface area contributed by atoms with Gasteiger partial charge in [-0.3, -0.25) is 0 Å². The summed E-state index contributed by atoms with van der Waals surface area (Å²) >= 11 is 0. The molecule has 0 atom stereocenters. The average Bonchev–Trinajstić information content (AvgIpc) is 2.33. The normalized spacial score (nSPS) is 9.88. The predicted molar refractivity (Wildman–Crippen MR) is 64.7 cm³/mol. The Balaban J connectivity index is 2.16. The van der Waals surface area contributed by atoms with Gasteiger partial charge in [-0.1, -0.05) is 36.4 Å². The SMILES string of the molecule is N#C[CH]c1cccc(Cc2ccc(F)cc2)c1. The van der Waals surface area contributed by atoms with E-state index < -0.39 is 0 Å². The van der Waals surface area contributed by atoms with Crippen molar-refractivity contribution in [2.24, 2.45) is 0 Å². The van der Waals surface area contributed by atoms with Crippen LogP contribution in [-0.2, 0) is 6.42 Å². The first-order valence-electron chi connectivity index (χ1n) is 5.34. The van der Waals surface area contributed by atoms with Crippen LogP contribution in [0.3, 0.4) is 0 Å². The minimum Gasteiger partial charge on any atom is -0.207 e. The van der Waals surface area contributed by atoms with Gasteiger partial charge in [-0.05, 0) is 35.2 Å². The second-order valence-electron chi connectivity index (χ2n) is 3.82. The topological polar surface area (TPSA) is 23.8 Å². The van der Waals surface area contributed by atoms with Crippen molar-refractivity contribution in [2.45, 2.75) is 6.42 Å². The van der Waals surface area contributed by atoms with Gasteiger partial charge in [0, 0.05) is 0 Å². The van der Waals surface area contributed by atoms with Gasteiger partial charge < -0.3 is 0 Å². The quantitative estimate of drug-likeness (QED) is 0.782. The van der Waals surface area contributed by atoms with E-state index in [0.717, 1.165) is 23.1 Å². The summed E-state index contributed by atoms with van der Waals surface area (Å²) < 4.78 is 12.7. The van der Waals surface area contributed by atoms with Crippen LogP contribution in [0.5, 0.6) is 0 Å². The summed E-state index contributed by atoms with van der Waals surface area (Å²) in [6.07, 6.45) is 2.25. The van der Waals surface area contributed by atoms with Gasteiger partial charge in [0.25, 0.3) is 0 Å². The molecule has 2 aromatic carbocycles. The van der Waals surface area contributed by atoms with Crippen molar-refractivity contribution in [1.29, 1.82) is 5.26 Å². The van der Waals surface area contributed by atoms with E-state index in [1.165, 1.54) is 18.6 Å². The Bertz CT molecular complexity index is 538. The van der Waals surface area contributed by atoms with Gasteiger partial charge in [0.2, 0.25) is 0 Å². The van der Waals surface area contributed by atoms with E-state index in [0.29, 0.717) is 0 Å². The summed E-state index contributed by atoms with van der Waals surface area (Å²) in [5.41, 5.74) is 3.06. The number of hydrogen-bond acceptors (Lipinski definition) is 1. The van der Waals surface area contributed by atoms with Crippen molar-refractivity contribution >= 4 is 0 Å². The lowest BCUT2D eigenvalue weighted by Gasteiger charge is -2.03. The van der Waals surface area contributed by atoms with Gasteiger partial charge in [0.05, 0.1) is 12.5 Å². The van der Waals surface area contributed by atoms with Gasteiger partial charge in [0.1, 0.15) is 5.82 Å². The van der Waals surface area contributed by atoms with E-state index >= 15 is 0 Å². The van der Waals surface area contributed by atoms with Crippen molar-refractivity contribution < 1.29 is 4.39 Å². The third-order valence-corrected chi connectivity index (χ3v) is 2.50. The molecule has 0 fully saturated rings. The molecule has 83 valence electrons. The molecular weight excluding hydrogens is 213 g/mol.